The van der Waals surface area contributed by atoms with Crippen molar-refractivity contribution in [3.63, 3.8) is 0 Å². The molecule has 738 valence electrons. The maximum absolute atomic E-state index is 14.3. The summed E-state index contributed by atoms with van der Waals surface area (Å²) in [7, 11) is 2.64. The summed E-state index contributed by atoms with van der Waals surface area (Å²) in [5.74, 6) is -13.1. The normalized spacial score (nSPS) is 17.5. The molecule has 5 amide bonds. The number of carbonyl (C=O) groups is 5. The zero-order valence-electron chi connectivity index (χ0n) is 72.5. The van der Waals surface area contributed by atoms with Gasteiger partial charge in [0, 0.05) is 99.1 Å². The summed E-state index contributed by atoms with van der Waals surface area (Å²) < 4.78 is 337. The van der Waals surface area contributed by atoms with E-state index in [-0.39, 0.29) is 164 Å². The van der Waals surface area contributed by atoms with E-state index in [4.69, 9.17) is 52.4 Å². The molecule has 0 bridgehead atoms. The van der Waals surface area contributed by atoms with Crippen LogP contribution in [0.3, 0.4) is 0 Å². The van der Waals surface area contributed by atoms with Crippen molar-refractivity contribution in [2.75, 3.05) is 53.5 Å². The molecule has 5 aromatic heterocycles. The number of rotatable bonds is 23. The first-order valence-corrected chi connectivity index (χ1v) is 41.4. The molecule has 47 heteroatoms. The molecule has 0 spiro atoms. The van der Waals surface area contributed by atoms with Gasteiger partial charge in [-0.1, -0.05) is 13.8 Å². The van der Waals surface area contributed by atoms with E-state index in [0.29, 0.717) is 84.5 Å². The molecular weight excluding hydrogens is 1890 g/mol. The fourth-order valence-electron chi connectivity index (χ4n) is 15.5. The first-order valence-electron chi connectivity index (χ1n) is 41.4. The van der Waals surface area contributed by atoms with Gasteiger partial charge in [0.25, 0.3) is 29.5 Å². The highest BCUT2D eigenvalue weighted by atomic mass is 19.4. The van der Waals surface area contributed by atoms with E-state index in [9.17, 15) is 125 Å². The number of pyridine rings is 5. The minimum Gasteiger partial charge on any atom is -0.474 e. The quantitative estimate of drug-likeness (QED) is 0.0371. The lowest BCUT2D eigenvalue weighted by Crippen LogP contribution is -2.40. The highest BCUT2D eigenvalue weighted by molar-refractivity contribution is 5.96. The standard InChI is InChI=1S/2C19H18F5N3O2.2C18H16F4N2O3.C17H13F5N2O2/c2*1-27(9-19(22,23)24)8-11-3-5-13-14(12-4-2-10(20)6-15(12)21)7-16(17(25)28)26-18(13)29-11;2*1-8-4-12-11(10-3-2-9(19)5-13(10)20)6-14(16(23)25)24-17(12)27-15(8)7-26-18(21)22;18-8-1-3-10(13(19)5-8)12-6-14(15(23)25)24-16-11(12)4-2-9(26-16)7-17(20,21)22/h2*2,4,6-7,11H,3,5,8-9H2,1H3,(H2,25,28);2*2-3,5-6,8,15,18H,4,7H2,1H3,(H2,23,25);1,3,5-6,9H,2,4,7H2,(H2,23,25)/t2*11-;2*8-,15-;9-/m10101/s1. The molecule has 10 heterocycles. The van der Waals surface area contributed by atoms with Crippen LogP contribution in [0.2, 0.25) is 0 Å². The molecule has 0 aliphatic carbocycles. The van der Waals surface area contributed by atoms with Gasteiger partial charge in [0.05, 0.1) is 32.7 Å². The Morgan fingerprint density at radius 1 is 0.348 bits per heavy atom. The monoisotopic (exact) mass is 1970 g/mol. The number of primary amides is 5. The van der Waals surface area contributed by atoms with E-state index in [0.717, 1.165) is 52.3 Å². The summed E-state index contributed by atoms with van der Waals surface area (Å²) in [5.41, 5.74) is 29.1. The van der Waals surface area contributed by atoms with Crippen LogP contribution in [-0.2, 0) is 41.6 Å². The molecule has 10 aromatic rings. The highest BCUT2D eigenvalue weighted by Gasteiger charge is 2.41. The minimum absolute atomic E-state index is 0.00834. The Bertz CT molecular complexity index is 5890. The van der Waals surface area contributed by atoms with Crippen LogP contribution in [0.5, 0.6) is 29.4 Å². The summed E-state index contributed by atoms with van der Waals surface area (Å²) in [4.78, 5) is 80.1. The van der Waals surface area contributed by atoms with Gasteiger partial charge in [0.15, 0.2) is 0 Å². The van der Waals surface area contributed by atoms with Crippen molar-refractivity contribution < 1.29 is 158 Å². The summed E-state index contributed by atoms with van der Waals surface area (Å²) in [6, 6.07) is 21.5. The average molecular weight is 1970 g/mol. The molecule has 0 saturated heterocycles. The number of likely N-dealkylation sites (N-methyl/N-ethyl adjacent to an activating group) is 2. The van der Waals surface area contributed by atoms with Gasteiger partial charge in [-0.2, -0.15) is 57.1 Å². The van der Waals surface area contributed by atoms with Gasteiger partial charge in [0.2, 0.25) is 29.4 Å². The first-order chi connectivity index (χ1) is 64.7. The van der Waals surface area contributed by atoms with Crippen LogP contribution >= 0.6 is 0 Å². The maximum Gasteiger partial charge on any atom is 0.401 e. The van der Waals surface area contributed by atoms with Crippen LogP contribution < -0.4 is 52.4 Å². The van der Waals surface area contributed by atoms with E-state index in [1.54, 1.807) is 13.8 Å². The van der Waals surface area contributed by atoms with Crippen LogP contribution in [0.4, 0.5) is 101 Å². The van der Waals surface area contributed by atoms with Gasteiger partial charge in [-0.3, -0.25) is 33.8 Å². The number of hydrogen-bond donors (Lipinski definition) is 5. The lowest BCUT2D eigenvalue weighted by atomic mass is 9.88. The predicted molar refractivity (Wildman–Crippen MR) is 445 cm³/mol. The van der Waals surface area contributed by atoms with Crippen molar-refractivity contribution in [3.05, 3.63) is 236 Å². The van der Waals surface area contributed by atoms with Crippen LogP contribution in [0, 0.1) is 70.0 Å². The minimum atomic E-state index is -4.42. The van der Waals surface area contributed by atoms with Gasteiger partial charge in [-0.05, 0) is 196 Å². The van der Waals surface area contributed by atoms with Crippen LogP contribution in [0.15, 0.2) is 121 Å². The number of aromatic nitrogens is 5. The molecular formula is C91H81F23N12O12. The van der Waals surface area contributed by atoms with Gasteiger partial charge < -0.3 is 61.8 Å². The van der Waals surface area contributed by atoms with E-state index < -0.39 is 169 Å². The van der Waals surface area contributed by atoms with Crippen molar-refractivity contribution in [1.29, 1.82) is 0 Å². The fourth-order valence-corrected chi connectivity index (χ4v) is 15.5. The molecule has 0 unspecified atom stereocenters. The van der Waals surface area contributed by atoms with Crippen molar-refractivity contribution in [2.24, 2.45) is 40.5 Å². The average Bonchev–Trinajstić information content (AvgIpc) is 0.780. The van der Waals surface area contributed by atoms with Crippen molar-refractivity contribution >= 4 is 29.5 Å². The number of halogens is 23. The molecule has 5 aromatic carbocycles. The zero-order chi connectivity index (χ0) is 101. The zero-order valence-corrected chi connectivity index (χ0v) is 72.5. The Kier molecular flexibility index (Phi) is 33.7. The molecule has 15 rings (SSSR count). The number of nitrogens with zero attached hydrogens (tertiary/aromatic N) is 7. The lowest BCUT2D eigenvalue weighted by Gasteiger charge is -2.32. The number of ether oxygens (including phenoxy) is 7. The van der Waals surface area contributed by atoms with Gasteiger partial charge in [-0.15, -0.1) is 0 Å². The number of amides is 5. The Hall–Kier alpha value is -13.6. The van der Waals surface area contributed by atoms with Crippen molar-refractivity contribution in [3.8, 4) is 85.0 Å². The Morgan fingerprint density at radius 3 is 0.804 bits per heavy atom. The third-order valence-corrected chi connectivity index (χ3v) is 21.8. The Morgan fingerprint density at radius 2 is 0.580 bits per heavy atom. The van der Waals surface area contributed by atoms with Gasteiger partial charge >= 0.3 is 31.8 Å². The van der Waals surface area contributed by atoms with Gasteiger partial charge in [0.1, 0.15) is 117 Å². The molecule has 5 aliphatic heterocycles. The smallest absolute Gasteiger partial charge is 0.401 e. The van der Waals surface area contributed by atoms with E-state index in [1.807, 2.05) is 0 Å². The van der Waals surface area contributed by atoms with Crippen LogP contribution in [-0.4, -0.2) is 180 Å². The largest absolute Gasteiger partial charge is 0.474 e. The fraction of sp³-hybridized carbons (Fsp3) is 0.341. The topological polar surface area (TPSA) is 351 Å². The van der Waals surface area contributed by atoms with E-state index in [2.05, 4.69) is 34.4 Å². The third-order valence-electron chi connectivity index (χ3n) is 21.8. The van der Waals surface area contributed by atoms with Crippen LogP contribution in [0.25, 0.3) is 55.6 Å². The number of hydrogen-bond acceptors (Lipinski definition) is 19. The second-order valence-electron chi connectivity index (χ2n) is 32.3. The van der Waals surface area contributed by atoms with Gasteiger partial charge in [-0.25, -0.2) is 68.8 Å². The number of benzene rings is 5. The highest BCUT2D eigenvalue weighted by Crippen LogP contribution is 2.45. The maximum atomic E-state index is 14.3. The number of carbonyl (C=O) groups excluding carboxylic acids is 5. The number of alkyl halides is 13. The predicted octanol–water partition coefficient (Wildman–Crippen LogP) is 17.0. The summed E-state index contributed by atoms with van der Waals surface area (Å²) in [6.45, 7) is -5.34. The van der Waals surface area contributed by atoms with Crippen molar-refractivity contribution in [2.45, 2.75) is 134 Å². The lowest BCUT2D eigenvalue weighted by molar-refractivity contribution is -0.152. The summed E-state index contributed by atoms with van der Waals surface area (Å²) in [5, 5.41) is 0. The molecule has 5 aliphatic rings. The molecule has 24 nitrogen and oxygen atoms in total. The van der Waals surface area contributed by atoms with E-state index in [1.165, 1.54) is 74.8 Å². The molecule has 10 N–H and O–H groups in total. The summed E-state index contributed by atoms with van der Waals surface area (Å²) in [6.07, 6.45) is -15.9. The summed E-state index contributed by atoms with van der Waals surface area (Å²) >= 11 is 0. The van der Waals surface area contributed by atoms with Crippen LogP contribution in [0.1, 0.15) is 120 Å². The molecule has 0 saturated carbocycles. The molecule has 138 heavy (non-hydrogen) atoms. The molecule has 7 atom stereocenters. The molecule has 0 fully saturated rings. The number of nitrogens with two attached hydrogens (primary N) is 5. The Balaban J connectivity index is 0.000000165. The SMILES string of the molecule is CN(C[C@@H]1CCc2c(-c3ccc(F)cc3F)cc(C(N)=O)nc2O1)CC(F)(F)F.CN(C[C@H]1CCc2c(-c3ccc(F)cc3F)cc(C(N)=O)nc2O1)CC(F)(F)F.C[C@@H]1Cc2c(-c3ccc(F)cc3F)cc(C(N)=O)nc2O[C@@H]1COC(F)F.C[C@H]1Cc2c(-c3ccc(F)cc3F)cc(C(N)=O)nc2O[C@H]1COC(F)F.NC(=O)c1cc(-c2ccc(F)cc2F)c2c(n1)O[C@@H](CC(F)(F)F)CC2. The second-order valence-corrected chi connectivity index (χ2v) is 32.3. The van der Waals surface area contributed by atoms with Crippen molar-refractivity contribution in [1.82, 2.24) is 34.7 Å². The number of fused-ring (bicyclic) bond motifs is 5. The third kappa shape index (κ3) is 27.7. The molecule has 0 radical (unpaired) electrons. The van der Waals surface area contributed by atoms with E-state index >= 15 is 0 Å². The second kappa shape index (κ2) is 44.3. The Labute approximate surface area is 768 Å². The first kappa shape index (κ1) is 105.